The summed E-state index contributed by atoms with van der Waals surface area (Å²) < 4.78 is 1.67. The predicted octanol–water partition coefficient (Wildman–Crippen LogP) is 2.52. The number of nitrogens with zero attached hydrogens (tertiary/aromatic N) is 5. The van der Waals surface area contributed by atoms with Gasteiger partial charge in [-0.05, 0) is 55.8 Å². The number of pyridine rings is 1. The molecule has 0 aliphatic carbocycles. The number of piperazine rings is 1. The number of hydrogen-bond donors (Lipinski definition) is 1. The highest BCUT2D eigenvalue weighted by molar-refractivity contribution is 5.93. The van der Waals surface area contributed by atoms with Crippen LogP contribution in [0.15, 0.2) is 61.1 Å². The molecule has 0 saturated carbocycles. The van der Waals surface area contributed by atoms with Gasteiger partial charge in [-0.2, -0.15) is 5.10 Å². The Morgan fingerprint density at radius 1 is 1.10 bits per heavy atom. The zero-order chi connectivity index (χ0) is 20.8. The first-order valence-electron chi connectivity index (χ1n) is 10.5. The molecule has 3 aromatic rings. The quantitative estimate of drug-likeness (QED) is 0.613. The second kappa shape index (κ2) is 9.54. The van der Waals surface area contributed by atoms with Crippen LogP contribution in [-0.2, 0) is 0 Å². The lowest BCUT2D eigenvalue weighted by atomic mass is 10.2. The largest absolute Gasteiger partial charge is 0.369 e. The Kier molecular flexibility index (Phi) is 6.39. The van der Waals surface area contributed by atoms with Crippen LogP contribution in [0.25, 0.3) is 5.82 Å². The molecule has 0 atom stereocenters. The molecule has 1 fully saturated rings. The Morgan fingerprint density at radius 3 is 2.67 bits per heavy atom. The minimum atomic E-state index is -0.0845. The van der Waals surface area contributed by atoms with Gasteiger partial charge in [0.25, 0.3) is 5.91 Å². The molecule has 1 saturated heterocycles. The van der Waals surface area contributed by atoms with Gasteiger partial charge >= 0.3 is 0 Å². The number of nitrogens with one attached hydrogen (secondary N) is 1. The van der Waals surface area contributed by atoms with E-state index in [-0.39, 0.29) is 5.91 Å². The molecule has 30 heavy (non-hydrogen) atoms. The van der Waals surface area contributed by atoms with Crippen molar-refractivity contribution in [3.63, 3.8) is 0 Å². The normalized spacial score (nSPS) is 14.6. The van der Waals surface area contributed by atoms with E-state index in [0.717, 1.165) is 39.1 Å². The average Bonchev–Trinajstić information content (AvgIpc) is 3.32. The van der Waals surface area contributed by atoms with Crippen molar-refractivity contribution in [2.24, 2.45) is 0 Å². The Labute approximate surface area is 177 Å². The number of benzene rings is 1. The van der Waals surface area contributed by atoms with Gasteiger partial charge in [-0.1, -0.05) is 12.1 Å². The first-order chi connectivity index (χ1) is 14.7. The number of rotatable bonds is 7. The van der Waals surface area contributed by atoms with Crippen LogP contribution in [0.4, 0.5) is 5.69 Å². The monoisotopic (exact) mass is 404 g/mol. The van der Waals surface area contributed by atoms with E-state index in [1.165, 1.54) is 11.3 Å². The maximum atomic E-state index is 12.3. The van der Waals surface area contributed by atoms with Crippen LogP contribution in [0.5, 0.6) is 0 Å². The van der Waals surface area contributed by atoms with Crippen molar-refractivity contribution in [1.29, 1.82) is 0 Å². The highest BCUT2D eigenvalue weighted by Crippen LogP contribution is 2.17. The molecule has 1 aliphatic rings. The molecule has 1 N–H and O–H groups in total. The molecule has 1 aliphatic heterocycles. The van der Waals surface area contributed by atoms with Gasteiger partial charge in [-0.25, -0.2) is 9.67 Å². The third kappa shape index (κ3) is 5.04. The lowest BCUT2D eigenvalue weighted by molar-refractivity contribution is 0.0951. The zero-order valence-corrected chi connectivity index (χ0v) is 17.4. The third-order valence-corrected chi connectivity index (χ3v) is 5.42. The Morgan fingerprint density at radius 2 is 1.97 bits per heavy atom. The topological polar surface area (TPSA) is 66.3 Å². The van der Waals surface area contributed by atoms with Crippen LogP contribution in [0, 0.1) is 6.92 Å². The summed E-state index contributed by atoms with van der Waals surface area (Å²) in [5, 5.41) is 7.13. The number of hydrogen-bond acceptors (Lipinski definition) is 5. The van der Waals surface area contributed by atoms with Gasteiger partial charge in [-0.15, -0.1) is 0 Å². The van der Waals surface area contributed by atoms with E-state index >= 15 is 0 Å². The maximum absolute atomic E-state index is 12.3. The third-order valence-electron chi connectivity index (χ3n) is 5.42. The average molecular weight is 405 g/mol. The first kappa shape index (κ1) is 20.1. The highest BCUT2D eigenvalue weighted by Gasteiger charge is 2.17. The summed E-state index contributed by atoms with van der Waals surface area (Å²) in [6.45, 7) is 8.00. The molecule has 0 unspecified atom stereocenters. The highest BCUT2D eigenvalue weighted by atomic mass is 16.1. The molecule has 0 radical (unpaired) electrons. The molecule has 0 bridgehead atoms. The van der Waals surface area contributed by atoms with E-state index in [0.29, 0.717) is 17.9 Å². The number of carbonyl (C=O) groups excluding carboxylic acids is 1. The second-order valence-corrected chi connectivity index (χ2v) is 7.63. The van der Waals surface area contributed by atoms with E-state index in [1.807, 2.05) is 12.3 Å². The van der Waals surface area contributed by atoms with E-state index in [1.54, 1.807) is 29.2 Å². The van der Waals surface area contributed by atoms with Crippen LogP contribution in [-0.4, -0.2) is 64.8 Å². The first-order valence-corrected chi connectivity index (χ1v) is 10.5. The lowest BCUT2D eigenvalue weighted by Crippen LogP contribution is -2.47. The summed E-state index contributed by atoms with van der Waals surface area (Å²) in [5.74, 6) is 0.611. The number of aromatic nitrogens is 3. The van der Waals surface area contributed by atoms with Gasteiger partial charge in [0.05, 0.1) is 5.56 Å². The standard InChI is InChI=1S/C23H28N6O/c1-19-5-2-6-21(17-19)28-15-13-27(14-16-28)11-3-9-24-23(30)20-7-8-22(25-18-20)29-12-4-10-26-29/h2,4-8,10,12,17-18H,3,9,11,13-16H2,1H3,(H,24,30). The van der Waals surface area contributed by atoms with Crippen molar-refractivity contribution >= 4 is 11.6 Å². The van der Waals surface area contributed by atoms with Crippen molar-refractivity contribution in [2.75, 3.05) is 44.2 Å². The summed E-state index contributed by atoms with van der Waals surface area (Å²) in [7, 11) is 0. The summed E-state index contributed by atoms with van der Waals surface area (Å²) >= 11 is 0. The Hall–Kier alpha value is -3.19. The van der Waals surface area contributed by atoms with Crippen molar-refractivity contribution in [3.05, 3.63) is 72.2 Å². The number of anilines is 1. The van der Waals surface area contributed by atoms with Crippen molar-refractivity contribution in [3.8, 4) is 5.82 Å². The molecule has 156 valence electrons. The van der Waals surface area contributed by atoms with Gasteiger partial charge in [-0.3, -0.25) is 9.69 Å². The molecule has 1 aromatic carbocycles. The SMILES string of the molecule is Cc1cccc(N2CCN(CCCNC(=O)c3ccc(-n4cccn4)nc3)CC2)c1. The Balaban J connectivity index is 1.16. The van der Waals surface area contributed by atoms with E-state index < -0.39 is 0 Å². The van der Waals surface area contributed by atoms with Gasteiger partial charge in [0.15, 0.2) is 5.82 Å². The minimum absolute atomic E-state index is 0.0845. The summed E-state index contributed by atoms with van der Waals surface area (Å²) in [4.78, 5) is 21.6. The predicted molar refractivity (Wildman–Crippen MR) is 118 cm³/mol. The van der Waals surface area contributed by atoms with Crippen LogP contribution < -0.4 is 10.2 Å². The van der Waals surface area contributed by atoms with Crippen LogP contribution in [0.2, 0.25) is 0 Å². The number of amides is 1. The lowest BCUT2D eigenvalue weighted by Gasteiger charge is -2.36. The second-order valence-electron chi connectivity index (χ2n) is 7.63. The van der Waals surface area contributed by atoms with Crippen LogP contribution >= 0.6 is 0 Å². The molecule has 7 heteroatoms. The molecular weight excluding hydrogens is 376 g/mol. The van der Waals surface area contributed by atoms with E-state index in [9.17, 15) is 4.79 Å². The molecule has 1 amide bonds. The number of carbonyl (C=O) groups is 1. The summed E-state index contributed by atoms with van der Waals surface area (Å²) in [6.07, 6.45) is 6.05. The van der Waals surface area contributed by atoms with Crippen molar-refractivity contribution < 1.29 is 4.79 Å². The molecule has 4 rings (SSSR count). The minimum Gasteiger partial charge on any atom is -0.369 e. The molecule has 3 heterocycles. The fourth-order valence-electron chi connectivity index (χ4n) is 3.72. The van der Waals surface area contributed by atoms with Gasteiger partial charge in [0.2, 0.25) is 0 Å². The van der Waals surface area contributed by atoms with Gasteiger partial charge in [0, 0.05) is 57.0 Å². The van der Waals surface area contributed by atoms with Crippen LogP contribution in [0.3, 0.4) is 0 Å². The van der Waals surface area contributed by atoms with E-state index in [4.69, 9.17) is 0 Å². The van der Waals surface area contributed by atoms with Crippen LogP contribution in [0.1, 0.15) is 22.3 Å². The smallest absolute Gasteiger partial charge is 0.252 e. The molecule has 2 aromatic heterocycles. The fraction of sp³-hybridized carbons (Fsp3) is 0.348. The summed E-state index contributed by atoms with van der Waals surface area (Å²) in [6, 6.07) is 14.1. The van der Waals surface area contributed by atoms with Gasteiger partial charge < -0.3 is 10.2 Å². The summed E-state index contributed by atoms with van der Waals surface area (Å²) in [5.41, 5.74) is 3.18. The molecule has 7 nitrogen and oxygen atoms in total. The molecular formula is C23H28N6O. The van der Waals surface area contributed by atoms with E-state index in [2.05, 4.69) is 56.4 Å². The fourth-order valence-corrected chi connectivity index (χ4v) is 3.72. The van der Waals surface area contributed by atoms with Crippen molar-refractivity contribution in [2.45, 2.75) is 13.3 Å². The van der Waals surface area contributed by atoms with Crippen molar-refractivity contribution in [1.82, 2.24) is 25.0 Å². The number of aryl methyl sites for hydroxylation is 1. The molecule has 0 spiro atoms. The maximum Gasteiger partial charge on any atom is 0.252 e. The van der Waals surface area contributed by atoms with Gasteiger partial charge in [0.1, 0.15) is 0 Å². The Bertz CT molecular complexity index is 946. The zero-order valence-electron chi connectivity index (χ0n) is 17.4.